The van der Waals surface area contributed by atoms with E-state index in [2.05, 4.69) is 13.8 Å². The molecule has 4 nitrogen and oxygen atoms in total. The zero-order chi connectivity index (χ0) is 19.7. The predicted molar refractivity (Wildman–Crippen MR) is 109 cm³/mol. The van der Waals surface area contributed by atoms with E-state index < -0.39 is 15.4 Å². The van der Waals surface area contributed by atoms with Crippen LogP contribution in [0.2, 0.25) is 0 Å². The smallest absolute Gasteiger partial charge is 0.748 e. The molecule has 0 bridgehead atoms. The molecule has 0 aromatic carbocycles. The first-order valence-electron chi connectivity index (χ1n) is 11.0. The maximum Gasteiger partial charge on any atom is 1.00 e. The molecule has 0 spiro atoms. The maximum absolute atomic E-state index is 11.4. The third kappa shape index (κ3) is 19.9. The number of rotatable bonds is 19. The molecule has 0 amide bonds. The number of unbranched alkanes of at least 4 members (excludes halogenated alkanes) is 10. The second-order valence-corrected chi connectivity index (χ2v) is 9.46. The maximum atomic E-state index is 11.4. The van der Waals surface area contributed by atoms with Crippen molar-refractivity contribution < 1.29 is 47.6 Å². The summed E-state index contributed by atoms with van der Waals surface area (Å²) in [4.78, 5) is 0. The number of aliphatic hydroxyl groups excluding tert-OH is 1. The molecule has 0 saturated heterocycles. The Bertz CT molecular complexity index is 401. The Morgan fingerprint density at radius 1 is 0.667 bits per heavy atom. The molecule has 1 N–H and O–H groups in total. The largest absolute Gasteiger partial charge is 1.00 e. The molecule has 2 atom stereocenters. The van der Waals surface area contributed by atoms with Crippen molar-refractivity contribution >= 4 is 10.1 Å². The first-order chi connectivity index (χ1) is 12.4. The normalized spacial score (nSPS) is 13.9. The van der Waals surface area contributed by atoms with Gasteiger partial charge in [-0.3, -0.25) is 0 Å². The van der Waals surface area contributed by atoms with E-state index in [0.29, 0.717) is 12.8 Å². The van der Waals surface area contributed by atoms with Crippen molar-refractivity contribution in [3.05, 3.63) is 0 Å². The van der Waals surface area contributed by atoms with Gasteiger partial charge in [0.2, 0.25) is 0 Å². The molecule has 0 fully saturated rings. The third-order valence-corrected chi connectivity index (χ3v) is 6.53. The summed E-state index contributed by atoms with van der Waals surface area (Å²) in [5.74, 6) is 0. The van der Waals surface area contributed by atoms with E-state index in [1.165, 1.54) is 44.9 Å². The predicted octanol–water partition coefficient (Wildman–Crippen LogP) is 2.94. The number of hydrogen-bond acceptors (Lipinski definition) is 4. The van der Waals surface area contributed by atoms with E-state index in [0.717, 1.165) is 51.4 Å². The average Bonchev–Trinajstić information content (AvgIpc) is 2.58. The monoisotopic (exact) mass is 414 g/mol. The zero-order valence-corrected chi connectivity index (χ0v) is 21.1. The van der Waals surface area contributed by atoms with E-state index in [-0.39, 0.29) is 35.7 Å². The summed E-state index contributed by atoms with van der Waals surface area (Å²) in [5.41, 5.74) is 0. The van der Waals surface area contributed by atoms with Gasteiger partial charge in [0.15, 0.2) is 0 Å². The second kappa shape index (κ2) is 20.2. The van der Waals surface area contributed by atoms with E-state index in [4.69, 9.17) is 0 Å². The van der Waals surface area contributed by atoms with Crippen LogP contribution in [0.4, 0.5) is 0 Å². The van der Waals surface area contributed by atoms with Crippen LogP contribution in [0.5, 0.6) is 0 Å². The second-order valence-electron chi connectivity index (χ2n) is 7.81. The van der Waals surface area contributed by atoms with Gasteiger partial charge in [0.25, 0.3) is 0 Å². The van der Waals surface area contributed by atoms with Crippen molar-refractivity contribution in [2.45, 2.75) is 134 Å². The topological polar surface area (TPSA) is 77.4 Å². The van der Waals surface area contributed by atoms with Gasteiger partial charge in [-0.2, -0.15) is 0 Å². The van der Waals surface area contributed by atoms with Gasteiger partial charge in [-0.25, -0.2) is 8.42 Å². The Kier molecular flexibility index (Phi) is 22.4. The van der Waals surface area contributed by atoms with Crippen molar-refractivity contribution in [1.82, 2.24) is 0 Å². The molecule has 158 valence electrons. The molecule has 0 aromatic heterocycles. The van der Waals surface area contributed by atoms with Crippen LogP contribution < -0.4 is 29.6 Å². The molecule has 0 rings (SSSR count). The summed E-state index contributed by atoms with van der Waals surface area (Å²) < 4.78 is 34.3. The molecule has 0 aliphatic rings. The molecule has 0 saturated carbocycles. The Hall–Kier alpha value is 0.870. The Morgan fingerprint density at radius 3 is 1.44 bits per heavy atom. The van der Waals surface area contributed by atoms with Gasteiger partial charge in [-0.15, -0.1) is 0 Å². The molecular formula is C21H43NaO4S. The van der Waals surface area contributed by atoms with Gasteiger partial charge >= 0.3 is 29.6 Å². The average molecular weight is 415 g/mol. The fourth-order valence-electron chi connectivity index (χ4n) is 3.47. The minimum atomic E-state index is -4.20. The first-order valence-corrected chi connectivity index (χ1v) is 12.5. The van der Waals surface area contributed by atoms with Crippen molar-refractivity contribution in [3.63, 3.8) is 0 Å². The van der Waals surface area contributed by atoms with Gasteiger partial charge < -0.3 is 9.66 Å². The minimum absolute atomic E-state index is 0. The quantitative estimate of drug-likeness (QED) is 0.200. The molecule has 0 heterocycles. The molecule has 0 aliphatic carbocycles. The third-order valence-electron chi connectivity index (χ3n) is 5.24. The number of hydrogen-bond donors (Lipinski definition) is 1. The van der Waals surface area contributed by atoms with Crippen LogP contribution in [0.1, 0.15) is 123 Å². The Morgan fingerprint density at radius 2 is 1.00 bits per heavy atom. The van der Waals surface area contributed by atoms with Crippen LogP contribution >= 0.6 is 0 Å². The number of aliphatic hydroxyl groups is 1. The van der Waals surface area contributed by atoms with Crippen molar-refractivity contribution in [3.8, 4) is 0 Å². The van der Waals surface area contributed by atoms with Crippen LogP contribution in [0.25, 0.3) is 0 Å². The fourth-order valence-corrected chi connectivity index (χ4v) is 4.38. The summed E-state index contributed by atoms with van der Waals surface area (Å²) in [6.45, 7) is 4.36. The Balaban J connectivity index is 0. The van der Waals surface area contributed by atoms with E-state index in [1.807, 2.05) is 0 Å². The summed E-state index contributed by atoms with van der Waals surface area (Å²) in [5, 5.41) is 9.26. The fraction of sp³-hybridized carbons (Fsp3) is 1.00. The molecule has 27 heavy (non-hydrogen) atoms. The van der Waals surface area contributed by atoms with E-state index >= 15 is 0 Å². The summed E-state index contributed by atoms with van der Waals surface area (Å²) in [7, 11) is -4.20. The Labute approximate surface area is 191 Å². The van der Waals surface area contributed by atoms with Crippen LogP contribution in [0.3, 0.4) is 0 Å². The molecule has 0 radical (unpaired) electrons. The van der Waals surface area contributed by atoms with Gasteiger partial charge in [0, 0.05) is 5.25 Å². The van der Waals surface area contributed by atoms with Crippen LogP contribution in [-0.2, 0) is 10.1 Å². The van der Waals surface area contributed by atoms with Crippen molar-refractivity contribution in [2.75, 3.05) is 0 Å². The van der Waals surface area contributed by atoms with Crippen molar-refractivity contribution in [1.29, 1.82) is 0 Å². The first kappa shape index (κ1) is 30.1. The van der Waals surface area contributed by atoms with Gasteiger partial charge in [0.05, 0.1) is 16.2 Å². The summed E-state index contributed by atoms with van der Waals surface area (Å²) in [6, 6.07) is 0. The zero-order valence-electron chi connectivity index (χ0n) is 18.3. The molecule has 0 aliphatic heterocycles. The van der Waals surface area contributed by atoms with Crippen LogP contribution in [0.15, 0.2) is 0 Å². The summed E-state index contributed by atoms with van der Waals surface area (Å²) >= 11 is 0. The molecular weight excluding hydrogens is 371 g/mol. The molecule has 6 heteroatoms. The summed E-state index contributed by atoms with van der Waals surface area (Å²) in [6.07, 6.45) is 16.3. The molecule has 0 aromatic rings. The minimum Gasteiger partial charge on any atom is -0.748 e. The standard InChI is InChI=1S/C21H44O4S.Na/c1-3-5-7-9-11-13-18-21(26(23,24)25)19-15-14-17-20(22)16-12-10-8-6-4-2;/h20-22H,3-19H2,1-2H3,(H,23,24,25);/q;+1/p-1. The van der Waals surface area contributed by atoms with Crippen LogP contribution in [-0.4, -0.2) is 29.4 Å². The van der Waals surface area contributed by atoms with Gasteiger partial charge in [0.1, 0.15) is 0 Å². The van der Waals surface area contributed by atoms with Crippen LogP contribution in [0, 0.1) is 0 Å². The SMILES string of the molecule is CCCCCCCCC(CCCCC(O)CCCCCCC)S(=O)(=O)[O-].[Na+]. The van der Waals surface area contributed by atoms with Gasteiger partial charge in [-0.05, 0) is 25.7 Å². The van der Waals surface area contributed by atoms with E-state index in [9.17, 15) is 18.1 Å². The van der Waals surface area contributed by atoms with Gasteiger partial charge in [-0.1, -0.05) is 97.3 Å². The molecule has 2 unspecified atom stereocenters. The van der Waals surface area contributed by atoms with Crippen molar-refractivity contribution in [2.24, 2.45) is 0 Å². The van der Waals surface area contributed by atoms with E-state index in [1.54, 1.807) is 0 Å².